The lowest BCUT2D eigenvalue weighted by Crippen LogP contribution is -1.88. The van der Waals surface area contributed by atoms with E-state index < -0.39 is 0 Å². The molecule has 84 valence electrons. The van der Waals surface area contributed by atoms with Crippen LogP contribution in [0.3, 0.4) is 0 Å². The minimum Gasteiger partial charge on any atom is -0.508 e. The van der Waals surface area contributed by atoms with Crippen molar-refractivity contribution in [1.29, 1.82) is 5.26 Å². The molecule has 1 N–H and O–H groups in total. The molecule has 0 fully saturated rings. The first kappa shape index (κ1) is 11.0. The zero-order chi connectivity index (χ0) is 12.3. The topological polar surface area (TPSA) is 53.2 Å². The fraction of sp³-hybridized carbons (Fsp3) is 0.0714. The summed E-state index contributed by atoms with van der Waals surface area (Å²) in [6.07, 6.45) is 0. The summed E-state index contributed by atoms with van der Waals surface area (Å²) in [6.45, 7) is 1.92. The standard InChI is InChI=1S/C14H11NO2/c1-10-2-7-14(11(8-10)9-15)17-13-5-3-12(16)4-6-13/h2-8,16H,1H3. The Morgan fingerprint density at radius 1 is 1.12 bits per heavy atom. The van der Waals surface area contributed by atoms with Crippen LogP contribution in [-0.2, 0) is 0 Å². The third-order valence-corrected chi connectivity index (χ3v) is 2.32. The van der Waals surface area contributed by atoms with Gasteiger partial charge >= 0.3 is 0 Å². The number of aryl methyl sites for hydroxylation is 1. The van der Waals surface area contributed by atoms with E-state index in [4.69, 9.17) is 15.1 Å². The monoisotopic (exact) mass is 225 g/mol. The van der Waals surface area contributed by atoms with Crippen molar-refractivity contribution in [3.8, 4) is 23.3 Å². The van der Waals surface area contributed by atoms with Crippen molar-refractivity contribution in [2.45, 2.75) is 6.92 Å². The molecule has 2 rings (SSSR count). The van der Waals surface area contributed by atoms with Crippen LogP contribution in [-0.4, -0.2) is 5.11 Å². The summed E-state index contributed by atoms with van der Waals surface area (Å²) in [5.41, 5.74) is 1.51. The summed E-state index contributed by atoms with van der Waals surface area (Å²) < 4.78 is 5.58. The zero-order valence-electron chi connectivity index (χ0n) is 9.34. The fourth-order valence-electron chi connectivity index (χ4n) is 1.46. The molecule has 0 bridgehead atoms. The highest BCUT2D eigenvalue weighted by molar-refractivity contribution is 5.47. The molecule has 0 unspecified atom stereocenters. The van der Waals surface area contributed by atoms with Crippen LogP contribution in [0.5, 0.6) is 17.2 Å². The van der Waals surface area contributed by atoms with Gasteiger partial charge in [-0.1, -0.05) is 6.07 Å². The van der Waals surface area contributed by atoms with Gasteiger partial charge in [0.15, 0.2) is 0 Å². The average Bonchev–Trinajstić information content (AvgIpc) is 2.34. The van der Waals surface area contributed by atoms with Gasteiger partial charge in [-0.3, -0.25) is 0 Å². The summed E-state index contributed by atoms with van der Waals surface area (Å²) in [5, 5.41) is 18.1. The fourth-order valence-corrected chi connectivity index (χ4v) is 1.46. The van der Waals surface area contributed by atoms with Crippen molar-refractivity contribution < 1.29 is 9.84 Å². The molecule has 2 aromatic carbocycles. The van der Waals surface area contributed by atoms with Crippen LogP contribution in [0.15, 0.2) is 42.5 Å². The van der Waals surface area contributed by atoms with Crippen LogP contribution >= 0.6 is 0 Å². The van der Waals surface area contributed by atoms with Crippen molar-refractivity contribution in [3.05, 3.63) is 53.6 Å². The number of hydrogen-bond donors (Lipinski definition) is 1. The summed E-state index contributed by atoms with van der Waals surface area (Å²) in [5.74, 6) is 1.29. The lowest BCUT2D eigenvalue weighted by molar-refractivity contribution is 0.464. The number of phenols is 1. The Labute approximate surface area is 99.5 Å². The Bertz CT molecular complexity index is 568. The summed E-state index contributed by atoms with van der Waals surface area (Å²) in [7, 11) is 0. The molecule has 2 aromatic rings. The zero-order valence-corrected chi connectivity index (χ0v) is 9.34. The van der Waals surface area contributed by atoms with E-state index in [0.717, 1.165) is 5.56 Å². The van der Waals surface area contributed by atoms with Gasteiger partial charge in [0.25, 0.3) is 0 Å². The second-order valence-electron chi connectivity index (χ2n) is 3.71. The molecule has 0 amide bonds. The van der Waals surface area contributed by atoms with Crippen LogP contribution in [0.2, 0.25) is 0 Å². The van der Waals surface area contributed by atoms with Crippen molar-refractivity contribution in [2.75, 3.05) is 0 Å². The van der Waals surface area contributed by atoms with Gasteiger partial charge in [-0.25, -0.2) is 0 Å². The first-order chi connectivity index (χ1) is 8.19. The number of rotatable bonds is 2. The number of benzene rings is 2. The lowest BCUT2D eigenvalue weighted by Gasteiger charge is -2.07. The second kappa shape index (κ2) is 4.58. The Morgan fingerprint density at radius 2 is 1.82 bits per heavy atom. The molecule has 0 saturated heterocycles. The molecule has 0 aliphatic heterocycles. The molecule has 0 spiro atoms. The minimum atomic E-state index is 0.182. The Morgan fingerprint density at radius 3 is 2.47 bits per heavy atom. The molecule has 0 heterocycles. The molecular formula is C14H11NO2. The van der Waals surface area contributed by atoms with Gasteiger partial charge in [0.1, 0.15) is 23.3 Å². The largest absolute Gasteiger partial charge is 0.508 e. The second-order valence-corrected chi connectivity index (χ2v) is 3.71. The van der Waals surface area contributed by atoms with E-state index in [1.807, 2.05) is 13.0 Å². The molecular weight excluding hydrogens is 214 g/mol. The van der Waals surface area contributed by atoms with Gasteiger partial charge in [0, 0.05) is 0 Å². The Balaban J connectivity index is 2.30. The van der Waals surface area contributed by atoms with Gasteiger partial charge in [0.2, 0.25) is 0 Å². The van der Waals surface area contributed by atoms with Crippen LogP contribution in [0.4, 0.5) is 0 Å². The van der Waals surface area contributed by atoms with Crippen molar-refractivity contribution in [3.63, 3.8) is 0 Å². The quantitative estimate of drug-likeness (QED) is 0.852. The summed E-state index contributed by atoms with van der Waals surface area (Å²) in [6, 6.07) is 13.9. The van der Waals surface area contributed by atoms with Gasteiger partial charge in [0.05, 0.1) is 5.56 Å². The molecule has 0 aliphatic rings. The maximum Gasteiger partial charge on any atom is 0.145 e. The van der Waals surface area contributed by atoms with E-state index in [0.29, 0.717) is 17.1 Å². The van der Waals surface area contributed by atoms with Crippen LogP contribution in [0.25, 0.3) is 0 Å². The summed E-state index contributed by atoms with van der Waals surface area (Å²) >= 11 is 0. The minimum absolute atomic E-state index is 0.182. The van der Waals surface area contributed by atoms with Gasteiger partial charge < -0.3 is 9.84 Å². The van der Waals surface area contributed by atoms with E-state index in [2.05, 4.69) is 6.07 Å². The summed E-state index contributed by atoms with van der Waals surface area (Å²) in [4.78, 5) is 0. The molecule has 0 saturated carbocycles. The third kappa shape index (κ3) is 2.56. The number of ether oxygens (including phenoxy) is 1. The molecule has 0 atom stereocenters. The normalized spacial score (nSPS) is 9.65. The van der Waals surface area contributed by atoms with Crippen LogP contribution in [0.1, 0.15) is 11.1 Å². The van der Waals surface area contributed by atoms with Gasteiger partial charge in [-0.05, 0) is 48.9 Å². The lowest BCUT2D eigenvalue weighted by atomic mass is 10.1. The molecule has 3 heteroatoms. The highest BCUT2D eigenvalue weighted by Gasteiger charge is 2.04. The first-order valence-electron chi connectivity index (χ1n) is 5.16. The van der Waals surface area contributed by atoms with E-state index in [1.54, 1.807) is 24.3 Å². The molecule has 0 aliphatic carbocycles. The van der Waals surface area contributed by atoms with Crippen molar-refractivity contribution in [1.82, 2.24) is 0 Å². The molecule has 0 radical (unpaired) electrons. The SMILES string of the molecule is Cc1ccc(Oc2ccc(O)cc2)c(C#N)c1. The maximum atomic E-state index is 9.15. The Kier molecular flexibility index (Phi) is 2.97. The number of nitrogens with zero attached hydrogens (tertiary/aromatic N) is 1. The van der Waals surface area contributed by atoms with Crippen LogP contribution < -0.4 is 4.74 Å². The van der Waals surface area contributed by atoms with E-state index in [-0.39, 0.29) is 5.75 Å². The van der Waals surface area contributed by atoms with E-state index >= 15 is 0 Å². The third-order valence-electron chi connectivity index (χ3n) is 2.32. The molecule has 17 heavy (non-hydrogen) atoms. The van der Waals surface area contributed by atoms with Gasteiger partial charge in [-0.15, -0.1) is 0 Å². The molecule has 0 aromatic heterocycles. The van der Waals surface area contributed by atoms with Crippen LogP contribution in [0, 0.1) is 18.3 Å². The van der Waals surface area contributed by atoms with Crippen molar-refractivity contribution in [2.24, 2.45) is 0 Å². The number of hydrogen-bond acceptors (Lipinski definition) is 3. The highest BCUT2D eigenvalue weighted by Crippen LogP contribution is 2.26. The van der Waals surface area contributed by atoms with E-state index in [9.17, 15) is 0 Å². The number of aromatic hydroxyl groups is 1. The number of phenolic OH excluding ortho intramolecular Hbond substituents is 1. The number of nitriles is 1. The van der Waals surface area contributed by atoms with Gasteiger partial charge in [-0.2, -0.15) is 5.26 Å². The van der Waals surface area contributed by atoms with E-state index in [1.165, 1.54) is 12.1 Å². The Hall–Kier alpha value is -2.47. The van der Waals surface area contributed by atoms with Crippen molar-refractivity contribution >= 4 is 0 Å². The average molecular weight is 225 g/mol. The smallest absolute Gasteiger partial charge is 0.145 e. The predicted molar refractivity (Wildman–Crippen MR) is 64.1 cm³/mol. The molecule has 3 nitrogen and oxygen atoms in total. The predicted octanol–water partition coefficient (Wildman–Crippen LogP) is 3.36. The maximum absolute atomic E-state index is 9.15. The highest BCUT2D eigenvalue weighted by atomic mass is 16.5. The first-order valence-corrected chi connectivity index (χ1v) is 5.16.